The van der Waals surface area contributed by atoms with Gasteiger partial charge in [-0.25, -0.2) is 0 Å². The second-order valence-electron chi connectivity index (χ2n) is 8.54. The fourth-order valence-electron chi connectivity index (χ4n) is 3.40. The molecular formula is C25H18F11NO2S. The SMILES string of the molecule is CC(O)(NC(c1ccc(Oc2cccc(SC(F)(F)F)c2)cc1)c1cccc(C(F)(F)C(F)(F)F)c1)C(F)(F)F. The molecule has 0 saturated carbocycles. The fourth-order valence-corrected chi connectivity index (χ4v) is 3.99. The number of nitrogens with one attached hydrogen (secondary N) is 1. The van der Waals surface area contributed by atoms with Gasteiger partial charge in [0.15, 0.2) is 0 Å². The smallest absolute Gasteiger partial charge is 0.457 e. The Balaban J connectivity index is 1.97. The maximum Gasteiger partial charge on any atom is 0.458 e. The molecule has 40 heavy (non-hydrogen) atoms. The topological polar surface area (TPSA) is 41.5 Å². The fraction of sp³-hybridized carbons (Fsp3) is 0.280. The average Bonchev–Trinajstić information content (AvgIpc) is 2.81. The van der Waals surface area contributed by atoms with Crippen molar-refractivity contribution in [2.24, 2.45) is 0 Å². The lowest BCUT2D eigenvalue weighted by atomic mass is 9.94. The van der Waals surface area contributed by atoms with Crippen LogP contribution in [0.25, 0.3) is 0 Å². The summed E-state index contributed by atoms with van der Waals surface area (Å²) in [5, 5.41) is 11.8. The van der Waals surface area contributed by atoms with E-state index in [4.69, 9.17) is 4.74 Å². The standard InChI is InChI=1S/C25H18F11NO2S/c1-21(38,23(28,29)30)37-20(15-4-2-5-16(12-15)22(26,27)24(31,32)33)14-8-10-17(11-9-14)39-18-6-3-7-19(13-18)40-25(34,35)36/h2-13,20,37-38H,1H3. The maximum absolute atomic E-state index is 14.0. The van der Waals surface area contributed by atoms with Crippen LogP contribution >= 0.6 is 11.8 Å². The van der Waals surface area contributed by atoms with Gasteiger partial charge in [-0.1, -0.05) is 36.4 Å². The summed E-state index contributed by atoms with van der Waals surface area (Å²) in [6.45, 7) is 0.331. The number of hydrogen-bond acceptors (Lipinski definition) is 4. The Kier molecular flexibility index (Phi) is 8.73. The van der Waals surface area contributed by atoms with Crippen molar-refractivity contribution >= 4 is 11.8 Å². The molecule has 2 unspecified atom stereocenters. The molecule has 0 spiro atoms. The van der Waals surface area contributed by atoms with Crippen LogP contribution in [0, 0.1) is 0 Å². The monoisotopic (exact) mass is 605 g/mol. The Hall–Kier alpha value is -3.04. The van der Waals surface area contributed by atoms with E-state index < -0.39 is 46.7 Å². The zero-order valence-electron chi connectivity index (χ0n) is 19.9. The minimum atomic E-state index is -5.99. The molecule has 0 aliphatic carbocycles. The van der Waals surface area contributed by atoms with Crippen molar-refractivity contribution in [3.05, 3.63) is 89.5 Å². The van der Waals surface area contributed by atoms with Crippen molar-refractivity contribution in [2.45, 2.75) is 47.4 Å². The highest BCUT2D eigenvalue weighted by atomic mass is 32.2. The number of halogens is 11. The van der Waals surface area contributed by atoms with Gasteiger partial charge in [0.2, 0.25) is 5.72 Å². The van der Waals surface area contributed by atoms with Crippen LogP contribution < -0.4 is 10.1 Å². The van der Waals surface area contributed by atoms with Gasteiger partial charge in [0.25, 0.3) is 0 Å². The van der Waals surface area contributed by atoms with Gasteiger partial charge < -0.3 is 9.84 Å². The molecule has 0 aliphatic rings. The zero-order valence-corrected chi connectivity index (χ0v) is 20.7. The summed E-state index contributed by atoms with van der Waals surface area (Å²) in [4.78, 5) is -0.184. The van der Waals surface area contributed by atoms with E-state index in [0.717, 1.165) is 30.3 Å². The number of benzene rings is 3. The van der Waals surface area contributed by atoms with Gasteiger partial charge >= 0.3 is 23.8 Å². The molecular weight excluding hydrogens is 587 g/mol. The molecule has 3 aromatic carbocycles. The summed E-state index contributed by atoms with van der Waals surface area (Å²) in [5.41, 5.74) is -10.3. The third-order valence-corrected chi connectivity index (χ3v) is 6.13. The lowest BCUT2D eigenvalue weighted by molar-refractivity contribution is -0.289. The first-order chi connectivity index (χ1) is 18.2. The quantitative estimate of drug-likeness (QED) is 0.153. The van der Waals surface area contributed by atoms with Gasteiger partial charge in [-0.05, 0) is 66.2 Å². The van der Waals surface area contributed by atoms with Crippen LogP contribution in [0.2, 0.25) is 0 Å². The van der Waals surface area contributed by atoms with E-state index in [1.54, 1.807) is 0 Å². The van der Waals surface area contributed by atoms with Crippen molar-refractivity contribution in [2.75, 3.05) is 0 Å². The third kappa shape index (κ3) is 7.57. The average molecular weight is 605 g/mol. The number of ether oxygens (including phenoxy) is 1. The molecule has 0 heterocycles. The van der Waals surface area contributed by atoms with Gasteiger partial charge in [-0.2, -0.15) is 48.3 Å². The Bertz CT molecular complexity index is 1300. The van der Waals surface area contributed by atoms with E-state index >= 15 is 0 Å². The minimum Gasteiger partial charge on any atom is -0.457 e. The number of thioether (sulfide) groups is 1. The molecule has 0 fully saturated rings. The van der Waals surface area contributed by atoms with Crippen molar-refractivity contribution in [1.29, 1.82) is 0 Å². The molecule has 2 N–H and O–H groups in total. The lowest BCUT2D eigenvalue weighted by Gasteiger charge is -2.33. The predicted octanol–water partition coefficient (Wildman–Crippen LogP) is 8.69. The Morgan fingerprint density at radius 3 is 1.85 bits per heavy atom. The molecule has 15 heteroatoms. The van der Waals surface area contributed by atoms with Crippen LogP contribution in [0.15, 0.2) is 77.7 Å². The summed E-state index contributed by atoms with van der Waals surface area (Å²) in [7, 11) is 0. The molecule has 3 rings (SSSR count). The van der Waals surface area contributed by atoms with Crippen LogP contribution in [0.4, 0.5) is 48.3 Å². The van der Waals surface area contributed by atoms with E-state index in [1.165, 1.54) is 30.3 Å². The van der Waals surface area contributed by atoms with Gasteiger partial charge in [-0.15, -0.1) is 0 Å². The van der Waals surface area contributed by atoms with E-state index in [2.05, 4.69) is 0 Å². The molecule has 0 bridgehead atoms. The summed E-state index contributed by atoms with van der Waals surface area (Å²) >= 11 is -0.387. The first-order valence-electron chi connectivity index (χ1n) is 10.9. The van der Waals surface area contributed by atoms with E-state index in [0.29, 0.717) is 19.1 Å². The normalized spacial score (nSPS) is 15.4. The van der Waals surface area contributed by atoms with Gasteiger partial charge in [0.05, 0.1) is 6.04 Å². The number of aliphatic hydroxyl groups is 1. The first-order valence-corrected chi connectivity index (χ1v) is 11.8. The summed E-state index contributed by atoms with van der Waals surface area (Å²) in [6, 6.07) is 10.4. The molecule has 0 amide bonds. The second kappa shape index (κ2) is 11.1. The van der Waals surface area contributed by atoms with Gasteiger partial charge in [-0.3, -0.25) is 5.32 Å². The van der Waals surface area contributed by atoms with Crippen molar-refractivity contribution in [3.8, 4) is 11.5 Å². The number of rotatable bonds is 8. The summed E-state index contributed by atoms with van der Waals surface area (Å²) in [6.07, 6.45) is -11.3. The van der Waals surface area contributed by atoms with Crippen LogP contribution in [-0.2, 0) is 5.92 Å². The molecule has 2 atom stereocenters. The van der Waals surface area contributed by atoms with Crippen LogP contribution in [0.1, 0.15) is 29.7 Å². The molecule has 218 valence electrons. The van der Waals surface area contributed by atoms with Crippen molar-refractivity contribution in [1.82, 2.24) is 5.32 Å². The second-order valence-corrected chi connectivity index (χ2v) is 9.68. The van der Waals surface area contributed by atoms with E-state index in [9.17, 15) is 53.4 Å². The number of hydrogen-bond donors (Lipinski definition) is 2. The molecule has 0 radical (unpaired) electrons. The minimum absolute atomic E-state index is 0.0107. The molecule has 0 saturated heterocycles. The molecule has 3 aromatic rings. The first kappa shape index (κ1) is 31.5. The van der Waals surface area contributed by atoms with Crippen LogP contribution in [0.5, 0.6) is 11.5 Å². The van der Waals surface area contributed by atoms with Crippen molar-refractivity contribution in [3.63, 3.8) is 0 Å². The van der Waals surface area contributed by atoms with Crippen LogP contribution in [-0.4, -0.2) is 28.7 Å². The molecule has 3 nitrogen and oxygen atoms in total. The van der Waals surface area contributed by atoms with Gasteiger partial charge in [0, 0.05) is 10.5 Å². The van der Waals surface area contributed by atoms with Gasteiger partial charge in [0.1, 0.15) is 11.5 Å². The highest BCUT2D eigenvalue weighted by molar-refractivity contribution is 8.00. The largest absolute Gasteiger partial charge is 0.458 e. The van der Waals surface area contributed by atoms with E-state index in [-0.39, 0.29) is 33.7 Å². The lowest BCUT2D eigenvalue weighted by Crippen LogP contribution is -2.55. The summed E-state index contributed by atoms with van der Waals surface area (Å²) < 4.78 is 150. The highest BCUT2D eigenvalue weighted by Gasteiger charge is 2.59. The van der Waals surface area contributed by atoms with E-state index in [1.807, 2.05) is 5.32 Å². The highest BCUT2D eigenvalue weighted by Crippen LogP contribution is 2.45. The Morgan fingerprint density at radius 2 is 1.30 bits per heavy atom. The van der Waals surface area contributed by atoms with Crippen LogP contribution in [0.3, 0.4) is 0 Å². The Morgan fingerprint density at radius 1 is 0.700 bits per heavy atom. The van der Waals surface area contributed by atoms with Crippen molar-refractivity contribution < 1.29 is 58.1 Å². The zero-order chi connectivity index (χ0) is 30.1. The number of alkyl halides is 11. The Labute approximate surface area is 224 Å². The molecule has 0 aromatic heterocycles. The molecule has 0 aliphatic heterocycles. The third-order valence-electron chi connectivity index (χ3n) is 5.40. The predicted molar refractivity (Wildman–Crippen MR) is 123 cm³/mol. The maximum atomic E-state index is 14.0. The summed E-state index contributed by atoms with van der Waals surface area (Å²) in [5.74, 6) is -5.33.